The molecule has 0 spiro atoms. The fraction of sp³-hybridized carbons (Fsp3) is 0.100. The van der Waals surface area contributed by atoms with Crippen LogP contribution in [0.4, 0.5) is 0 Å². The van der Waals surface area contributed by atoms with E-state index in [0.717, 1.165) is 5.75 Å². The Morgan fingerprint density at radius 1 is 1.25 bits per heavy atom. The Morgan fingerprint density at radius 2 is 2.17 bits per heavy atom. The molecule has 0 amide bonds. The molecule has 0 aliphatic carbocycles. The molecule has 1 aromatic heterocycles. The molecular formula is C10H9NS. The molecule has 0 aliphatic rings. The summed E-state index contributed by atoms with van der Waals surface area (Å²) in [5.74, 6) is 0.779. The maximum Gasteiger partial charge on any atom is 0.0346 e. The molecular weight excluding hydrogens is 166 g/mol. The Labute approximate surface area is 76.9 Å². The summed E-state index contributed by atoms with van der Waals surface area (Å²) in [5, 5.41) is 2.44. The van der Waals surface area contributed by atoms with Gasteiger partial charge in [-0.1, -0.05) is 18.2 Å². The summed E-state index contributed by atoms with van der Waals surface area (Å²) < 4.78 is 0. The zero-order chi connectivity index (χ0) is 8.39. The predicted molar refractivity (Wildman–Crippen MR) is 54.4 cm³/mol. The Kier molecular flexibility index (Phi) is 2.00. The van der Waals surface area contributed by atoms with Gasteiger partial charge in [-0.2, -0.15) is 12.6 Å². The molecule has 0 N–H and O–H groups in total. The highest BCUT2D eigenvalue weighted by Crippen LogP contribution is 2.18. The van der Waals surface area contributed by atoms with Crippen molar-refractivity contribution < 1.29 is 0 Å². The highest BCUT2D eigenvalue weighted by atomic mass is 32.1. The van der Waals surface area contributed by atoms with Gasteiger partial charge < -0.3 is 0 Å². The molecule has 0 radical (unpaired) electrons. The first-order valence-corrected chi connectivity index (χ1v) is 4.47. The first-order chi connectivity index (χ1) is 5.92. The van der Waals surface area contributed by atoms with E-state index in [1.807, 2.05) is 24.5 Å². The van der Waals surface area contributed by atoms with E-state index in [1.54, 1.807) is 0 Å². The SMILES string of the molecule is SCc1cccc2cnccc12. The van der Waals surface area contributed by atoms with E-state index >= 15 is 0 Å². The van der Waals surface area contributed by atoms with Crippen molar-refractivity contribution in [3.05, 3.63) is 42.2 Å². The maximum atomic E-state index is 4.27. The fourth-order valence-electron chi connectivity index (χ4n) is 1.33. The van der Waals surface area contributed by atoms with Crippen LogP contribution >= 0.6 is 12.6 Å². The van der Waals surface area contributed by atoms with E-state index in [0.29, 0.717) is 0 Å². The maximum absolute atomic E-state index is 4.27. The largest absolute Gasteiger partial charge is 0.264 e. The minimum Gasteiger partial charge on any atom is -0.264 e. The number of nitrogens with zero attached hydrogens (tertiary/aromatic N) is 1. The quantitative estimate of drug-likeness (QED) is 0.657. The monoisotopic (exact) mass is 175 g/mol. The van der Waals surface area contributed by atoms with E-state index < -0.39 is 0 Å². The van der Waals surface area contributed by atoms with E-state index in [2.05, 4.69) is 29.7 Å². The van der Waals surface area contributed by atoms with Gasteiger partial charge in [0.05, 0.1) is 0 Å². The molecule has 2 heteroatoms. The Bertz CT molecular complexity index is 392. The third-order valence-electron chi connectivity index (χ3n) is 1.94. The molecule has 0 saturated carbocycles. The highest BCUT2D eigenvalue weighted by Gasteiger charge is 1.96. The lowest BCUT2D eigenvalue weighted by atomic mass is 10.1. The Hall–Kier alpha value is -1.02. The number of aromatic nitrogens is 1. The molecule has 1 aromatic carbocycles. The van der Waals surface area contributed by atoms with Crippen molar-refractivity contribution in [2.24, 2.45) is 0 Å². The zero-order valence-corrected chi connectivity index (χ0v) is 7.46. The van der Waals surface area contributed by atoms with Crippen molar-refractivity contribution >= 4 is 23.4 Å². The first-order valence-electron chi connectivity index (χ1n) is 3.84. The van der Waals surface area contributed by atoms with Crippen LogP contribution in [0.5, 0.6) is 0 Å². The average molecular weight is 175 g/mol. The number of thiol groups is 1. The molecule has 60 valence electrons. The van der Waals surface area contributed by atoms with Gasteiger partial charge in [-0.25, -0.2) is 0 Å². The lowest BCUT2D eigenvalue weighted by Gasteiger charge is -2.01. The first kappa shape index (κ1) is 7.62. The fourth-order valence-corrected chi connectivity index (χ4v) is 1.60. The molecule has 12 heavy (non-hydrogen) atoms. The number of hydrogen-bond donors (Lipinski definition) is 1. The van der Waals surface area contributed by atoms with Crippen molar-refractivity contribution in [1.29, 1.82) is 0 Å². The lowest BCUT2D eigenvalue weighted by molar-refractivity contribution is 1.35. The van der Waals surface area contributed by atoms with Gasteiger partial charge in [-0.05, 0) is 17.0 Å². The van der Waals surface area contributed by atoms with E-state index in [-0.39, 0.29) is 0 Å². The Balaban J connectivity index is 2.79. The smallest absolute Gasteiger partial charge is 0.0346 e. The second kappa shape index (κ2) is 3.15. The van der Waals surface area contributed by atoms with Crippen LogP contribution in [0.15, 0.2) is 36.7 Å². The summed E-state index contributed by atoms with van der Waals surface area (Å²) in [6.07, 6.45) is 3.69. The molecule has 1 heterocycles. The topological polar surface area (TPSA) is 12.9 Å². The van der Waals surface area contributed by atoms with E-state index in [9.17, 15) is 0 Å². The van der Waals surface area contributed by atoms with Gasteiger partial charge in [-0.3, -0.25) is 4.98 Å². The normalized spacial score (nSPS) is 10.4. The van der Waals surface area contributed by atoms with Crippen LogP contribution in [0.25, 0.3) is 10.8 Å². The zero-order valence-electron chi connectivity index (χ0n) is 6.57. The standard InChI is InChI=1S/C10H9NS/c12-7-9-3-1-2-8-6-11-5-4-10(8)9/h1-6,12H,7H2. The predicted octanol–water partition coefficient (Wildman–Crippen LogP) is 2.66. The van der Waals surface area contributed by atoms with Gasteiger partial charge in [0.2, 0.25) is 0 Å². The van der Waals surface area contributed by atoms with Crippen LogP contribution in [0.2, 0.25) is 0 Å². The minimum atomic E-state index is 0.779. The second-order valence-corrected chi connectivity index (χ2v) is 2.99. The van der Waals surface area contributed by atoms with Crippen molar-refractivity contribution in [1.82, 2.24) is 4.98 Å². The van der Waals surface area contributed by atoms with Crippen molar-refractivity contribution in [2.75, 3.05) is 0 Å². The molecule has 2 rings (SSSR count). The van der Waals surface area contributed by atoms with Crippen molar-refractivity contribution in [2.45, 2.75) is 5.75 Å². The summed E-state index contributed by atoms with van der Waals surface area (Å²) in [6, 6.07) is 8.22. The highest BCUT2D eigenvalue weighted by molar-refractivity contribution is 7.79. The summed E-state index contributed by atoms with van der Waals surface area (Å²) in [5.41, 5.74) is 1.26. The van der Waals surface area contributed by atoms with Crippen molar-refractivity contribution in [3.8, 4) is 0 Å². The molecule has 0 saturated heterocycles. The summed E-state index contributed by atoms with van der Waals surface area (Å²) in [6.45, 7) is 0. The van der Waals surface area contributed by atoms with Gasteiger partial charge in [0.1, 0.15) is 0 Å². The molecule has 0 unspecified atom stereocenters. The summed E-state index contributed by atoms with van der Waals surface area (Å²) >= 11 is 4.27. The number of benzene rings is 1. The van der Waals surface area contributed by atoms with Crippen LogP contribution in [-0.2, 0) is 5.75 Å². The van der Waals surface area contributed by atoms with Crippen LogP contribution in [0.1, 0.15) is 5.56 Å². The molecule has 0 atom stereocenters. The Morgan fingerprint density at radius 3 is 3.00 bits per heavy atom. The third kappa shape index (κ3) is 1.18. The molecule has 0 fully saturated rings. The van der Waals surface area contributed by atoms with Crippen LogP contribution < -0.4 is 0 Å². The number of rotatable bonds is 1. The van der Waals surface area contributed by atoms with E-state index in [4.69, 9.17) is 0 Å². The minimum absolute atomic E-state index is 0.779. The number of fused-ring (bicyclic) bond motifs is 1. The van der Waals surface area contributed by atoms with Gasteiger partial charge in [-0.15, -0.1) is 0 Å². The average Bonchev–Trinajstić information content (AvgIpc) is 2.17. The lowest BCUT2D eigenvalue weighted by Crippen LogP contribution is -1.81. The van der Waals surface area contributed by atoms with Crippen LogP contribution in [-0.4, -0.2) is 4.98 Å². The van der Waals surface area contributed by atoms with Crippen LogP contribution in [0, 0.1) is 0 Å². The van der Waals surface area contributed by atoms with Crippen LogP contribution in [0.3, 0.4) is 0 Å². The molecule has 0 aliphatic heterocycles. The molecule has 1 nitrogen and oxygen atoms in total. The van der Waals surface area contributed by atoms with E-state index in [1.165, 1.54) is 16.3 Å². The summed E-state index contributed by atoms with van der Waals surface area (Å²) in [4.78, 5) is 4.06. The van der Waals surface area contributed by atoms with Gasteiger partial charge in [0.25, 0.3) is 0 Å². The van der Waals surface area contributed by atoms with Gasteiger partial charge in [0.15, 0.2) is 0 Å². The molecule has 2 aromatic rings. The summed E-state index contributed by atoms with van der Waals surface area (Å²) in [7, 11) is 0. The third-order valence-corrected chi connectivity index (χ3v) is 2.28. The number of hydrogen-bond acceptors (Lipinski definition) is 2. The number of pyridine rings is 1. The van der Waals surface area contributed by atoms with Crippen molar-refractivity contribution in [3.63, 3.8) is 0 Å². The van der Waals surface area contributed by atoms with Gasteiger partial charge in [0, 0.05) is 23.5 Å². The second-order valence-electron chi connectivity index (χ2n) is 2.67. The molecule has 0 bridgehead atoms. The van der Waals surface area contributed by atoms with Gasteiger partial charge >= 0.3 is 0 Å².